The Morgan fingerprint density at radius 3 is 2.68 bits per heavy atom. The highest BCUT2D eigenvalue weighted by atomic mass is 16.5. The van der Waals surface area contributed by atoms with Crippen LogP contribution in [0.2, 0.25) is 0 Å². The van der Waals surface area contributed by atoms with Crippen LogP contribution in [0.15, 0.2) is 48.9 Å². The highest BCUT2D eigenvalue weighted by Gasteiger charge is 2.04. The summed E-state index contributed by atoms with van der Waals surface area (Å²) >= 11 is 0. The first-order valence-corrected chi connectivity index (χ1v) is 8.63. The van der Waals surface area contributed by atoms with Gasteiger partial charge in [0, 0.05) is 31.2 Å². The second kappa shape index (κ2) is 9.76. The zero-order chi connectivity index (χ0) is 19.6. The Hall–Kier alpha value is -3.82. The second-order valence-electron chi connectivity index (χ2n) is 5.72. The van der Waals surface area contributed by atoms with Gasteiger partial charge in [0.25, 0.3) is 5.91 Å². The highest BCUT2D eigenvalue weighted by Crippen LogP contribution is 2.12. The van der Waals surface area contributed by atoms with Crippen molar-refractivity contribution in [2.45, 2.75) is 6.92 Å². The van der Waals surface area contributed by atoms with E-state index in [0.29, 0.717) is 24.7 Å². The maximum Gasteiger partial charge on any atom is 0.317 e. The fraction of sp³-hybridized carbons (Fsp3) is 0.222. The number of carbonyl (C=O) groups is 1. The van der Waals surface area contributed by atoms with Crippen LogP contribution in [-0.2, 0) is 4.79 Å². The molecule has 1 amide bonds. The van der Waals surface area contributed by atoms with Crippen LogP contribution in [0.1, 0.15) is 5.69 Å². The summed E-state index contributed by atoms with van der Waals surface area (Å²) in [5.74, 6) is 0.965. The first kappa shape index (κ1) is 19.0. The maximum absolute atomic E-state index is 11.8. The molecule has 10 nitrogen and oxygen atoms in total. The lowest BCUT2D eigenvalue weighted by Gasteiger charge is -2.08. The molecular formula is C18H20N8O2. The Morgan fingerprint density at radius 2 is 1.93 bits per heavy atom. The lowest BCUT2D eigenvalue weighted by molar-refractivity contribution is -0.123. The minimum atomic E-state index is -0.256. The number of hydrogen-bond donors (Lipinski definition) is 3. The number of rotatable bonds is 9. The predicted octanol–water partition coefficient (Wildman–Crippen LogP) is 1.32. The van der Waals surface area contributed by atoms with Crippen molar-refractivity contribution in [2.75, 3.05) is 30.3 Å². The highest BCUT2D eigenvalue weighted by molar-refractivity contribution is 5.77. The molecule has 144 valence electrons. The fourth-order valence-electron chi connectivity index (χ4n) is 2.15. The van der Waals surface area contributed by atoms with Crippen LogP contribution in [0.25, 0.3) is 0 Å². The van der Waals surface area contributed by atoms with E-state index in [1.165, 1.54) is 0 Å². The number of nitrogens with one attached hydrogen (secondary N) is 3. The zero-order valence-electron chi connectivity index (χ0n) is 15.3. The van der Waals surface area contributed by atoms with E-state index in [9.17, 15) is 4.79 Å². The lowest BCUT2D eigenvalue weighted by Crippen LogP contribution is -2.33. The van der Waals surface area contributed by atoms with Gasteiger partial charge in [0.2, 0.25) is 0 Å². The SMILES string of the molecule is Cc1ccnc(OCC(=O)NCCNc2ccc(Nc3cccnc3)nn2)n1. The average Bonchev–Trinajstić information content (AvgIpc) is 2.72. The minimum Gasteiger partial charge on any atom is -0.453 e. The van der Waals surface area contributed by atoms with Crippen LogP contribution in [0, 0.1) is 6.92 Å². The zero-order valence-corrected chi connectivity index (χ0v) is 15.3. The molecule has 3 N–H and O–H groups in total. The van der Waals surface area contributed by atoms with E-state index < -0.39 is 0 Å². The molecule has 0 saturated carbocycles. The number of ether oxygens (including phenoxy) is 1. The van der Waals surface area contributed by atoms with Gasteiger partial charge in [-0.15, -0.1) is 10.2 Å². The van der Waals surface area contributed by atoms with Crippen molar-refractivity contribution in [3.8, 4) is 6.01 Å². The molecular weight excluding hydrogens is 360 g/mol. The molecule has 28 heavy (non-hydrogen) atoms. The third-order valence-electron chi connectivity index (χ3n) is 3.46. The number of carbonyl (C=O) groups excluding carboxylic acids is 1. The molecule has 0 aliphatic heterocycles. The monoisotopic (exact) mass is 380 g/mol. The van der Waals surface area contributed by atoms with Gasteiger partial charge in [-0.1, -0.05) is 0 Å². The van der Waals surface area contributed by atoms with Gasteiger partial charge in [0.15, 0.2) is 12.4 Å². The Labute approximate surface area is 161 Å². The molecule has 0 unspecified atom stereocenters. The predicted molar refractivity (Wildman–Crippen MR) is 103 cm³/mol. The summed E-state index contributed by atoms with van der Waals surface area (Å²) in [4.78, 5) is 23.8. The van der Waals surface area contributed by atoms with Crippen molar-refractivity contribution >= 4 is 23.2 Å². The Balaban J connectivity index is 1.34. The molecule has 0 bridgehead atoms. The molecule has 0 spiro atoms. The van der Waals surface area contributed by atoms with Crippen molar-refractivity contribution in [3.05, 3.63) is 54.6 Å². The summed E-state index contributed by atoms with van der Waals surface area (Å²) in [6.07, 6.45) is 4.98. The molecule has 3 aromatic rings. The van der Waals surface area contributed by atoms with Crippen molar-refractivity contribution in [2.24, 2.45) is 0 Å². The number of hydrogen-bond acceptors (Lipinski definition) is 9. The first-order valence-electron chi connectivity index (χ1n) is 8.63. The van der Waals surface area contributed by atoms with E-state index in [4.69, 9.17) is 4.74 Å². The van der Waals surface area contributed by atoms with Gasteiger partial charge in [-0.2, -0.15) is 0 Å². The fourth-order valence-corrected chi connectivity index (χ4v) is 2.15. The van der Waals surface area contributed by atoms with Crippen molar-refractivity contribution in [1.29, 1.82) is 0 Å². The van der Waals surface area contributed by atoms with Crippen molar-refractivity contribution < 1.29 is 9.53 Å². The largest absolute Gasteiger partial charge is 0.453 e. The molecule has 3 aromatic heterocycles. The van der Waals surface area contributed by atoms with Crippen LogP contribution in [-0.4, -0.2) is 50.8 Å². The van der Waals surface area contributed by atoms with Crippen LogP contribution in [0.5, 0.6) is 6.01 Å². The smallest absolute Gasteiger partial charge is 0.317 e. The molecule has 0 saturated heterocycles. The van der Waals surface area contributed by atoms with Crippen LogP contribution >= 0.6 is 0 Å². The molecule has 0 fully saturated rings. The summed E-state index contributed by atoms with van der Waals surface area (Å²) < 4.78 is 5.24. The van der Waals surface area contributed by atoms with Crippen LogP contribution < -0.4 is 20.7 Å². The van der Waals surface area contributed by atoms with Gasteiger partial charge in [0.1, 0.15) is 5.82 Å². The summed E-state index contributed by atoms with van der Waals surface area (Å²) in [6, 6.07) is 9.26. The number of aryl methyl sites for hydroxylation is 1. The molecule has 0 aromatic carbocycles. The summed E-state index contributed by atoms with van der Waals surface area (Å²) in [5.41, 5.74) is 1.61. The third-order valence-corrected chi connectivity index (χ3v) is 3.46. The molecule has 0 aliphatic carbocycles. The number of nitrogens with zero attached hydrogens (tertiary/aromatic N) is 5. The van der Waals surface area contributed by atoms with Gasteiger partial charge >= 0.3 is 6.01 Å². The topological polar surface area (TPSA) is 127 Å². The third kappa shape index (κ3) is 6.16. The van der Waals surface area contributed by atoms with Gasteiger partial charge < -0.3 is 20.7 Å². The number of pyridine rings is 1. The van der Waals surface area contributed by atoms with E-state index in [1.54, 1.807) is 36.8 Å². The normalized spacial score (nSPS) is 10.2. The van der Waals surface area contributed by atoms with Gasteiger partial charge in [-0.3, -0.25) is 9.78 Å². The van der Waals surface area contributed by atoms with Crippen molar-refractivity contribution in [1.82, 2.24) is 30.5 Å². The molecule has 3 rings (SSSR count). The quantitative estimate of drug-likeness (QED) is 0.471. The summed E-state index contributed by atoms with van der Waals surface area (Å²) in [7, 11) is 0. The number of anilines is 3. The molecule has 3 heterocycles. The van der Waals surface area contributed by atoms with Crippen LogP contribution in [0.4, 0.5) is 17.3 Å². The molecule has 0 atom stereocenters. The Bertz CT molecular complexity index is 890. The Kier molecular flexibility index (Phi) is 6.61. The standard InChI is InChI=1S/C18H20N8O2/c1-13-6-8-22-18(23-13)28-12-17(27)21-10-9-20-15-4-5-16(26-25-15)24-14-3-2-7-19-11-14/h2-8,11H,9-10,12H2,1H3,(H,20,25)(H,21,27)(H,24,26). The number of aromatic nitrogens is 5. The van der Waals surface area contributed by atoms with E-state index in [2.05, 4.69) is 41.1 Å². The van der Waals surface area contributed by atoms with Crippen LogP contribution in [0.3, 0.4) is 0 Å². The number of amides is 1. The minimum absolute atomic E-state index is 0.141. The molecule has 10 heteroatoms. The van der Waals surface area contributed by atoms with Crippen molar-refractivity contribution in [3.63, 3.8) is 0 Å². The first-order chi connectivity index (χ1) is 13.7. The van der Waals surface area contributed by atoms with E-state index >= 15 is 0 Å². The molecule has 0 aliphatic rings. The molecule has 0 radical (unpaired) electrons. The lowest BCUT2D eigenvalue weighted by atomic mass is 10.4. The van der Waals surface area contributed by atoms with E-state index in [-0.39, 0.29) is 18.5 Å². The van der Waals surface area contributed by atoms with Gasteiger partial charge in [-0.05, 0) is 37.3 Å². The van der Waals surface area contributed by atoms with Gasteiger partial charge in [0.05, 0.1) is 11.9 Å². The van der Waals surface area contributed by atoms with E-state index in [1.807, 2.05) is 19.1 Å². The summed E-state index contributed by atoms with van der Waals surface area (Å²) in [6.45, 7) is 2.59. The summed E-state index contributed by atoms with van der Waals surface area (Å²) in [5, 5.41) is 17.1. The second-order valence-corrected chi connectivity index (χ2v) is 5.72. The maximum atomic E-state index is 11.8. The average molecular weight is 380 g/mol. The van der Waals surface area contributed by atoms with Gasteiger partial charge in [-0.25, -0.2) is 9.97 Å². The Morgan fingerprint density at radius 1 is 1.07 bits per heavy atom. The van der Waals surface area contributed by atoms with E-state index in [0.717, 1.165) is 11.4 Å².